The van der Waals surface area contributed by atoms with E-state index < -0.39 is 116 Å². The smallest absolute Gasteiger partial charge is 0.187 e. The molecule has 0 aromatic heterocycles. The molecule has 22 nitrogen and oxygen atoms in total. The van der Waals surface area contributed by atoms with Gasteiger partial charge >= 0.3 is 0 Å². The topological polar surface area (TPSA) is 400 Å². The number of Topliss-reactive ketones (excluding diaryl/α,β-unsaturated/α-hetero) is 1. The Labute approximate surface area is 313 Å². The van der Waals surface area contributed by atoms with Crippen molar-refractivity contribution in [1.29, 1.82) is 0 Å². The van der Waals surface area contributed by atoms with Gasteiger partial charge in [0, 0.05) is 38.5 Å². The van der Waals surface area contributed by atoms with E-state index in [1.165, 1.54) is 0 Å². The molecule has 4 fully saturated rings. The van der Waals surface area contributed by atoms with Crippen molar-refractivity contribution in [3.8, 4) is 0 Å². The first-order chi connectivity index (χ1) is 25.7. The third-order valence-electron chi connectivity index (χ3n) is 10.4. The van der Waals surface area contributed by atoms with Crippen LogP contribution in [-0.2, 0) is 33.2 Å². The van der Waals surface area contributed by atoms with E-state index in [9.17, 15) is 35.4 Å². The summed E-state index contributed by atoms with van der Waals surface area (Å²) in [6, 6.07) is -2.70. The highest BCUT2D eigenvalue weighted by atomic mass is 16.8. The van der Waals surface area contributed by atoms with Crippen LogP contribution in [0, 0.1) is 5.92 Å². The van der Waals surface area contributed by atoms with Gasteiger partial charge in [-0.25, -0.2) is 0 Å². The monoisotopic (exact) mass is 781 g/mol. The maximum atomic E-state index is 13.1. The lowest BCUT2D eigenvalue weighted by Gasteiger charge is -2.46. The molecular weight excluding hydrogens is 718 g/mol. The van der Waals surface area contributed by atoms with Crippen molar-refractivity contribution in [2.24, 2.45) is 51.0 Å². The Hall–Kier alpha value is -1.78. The van der Waals surface area contributed by atoms with E-state index >= 15 is 0 Å². The molecule has 3 heterocycles. The minimum absolute atomic E-state index is 0.00416. The van der Waals surface area contributed by atoms with Gasteiger partial charge in [0.2, 0.25) is 0 Å². The highest BCUT2D eigenvalue weighted by Gasteiger charge is 2.54. The summed E-state index contributed by atoms with van der Waals surface area (Å²) in [4.78, 5) is 16.9. The summed E-state index contributed by atoms with van der Waals surface area (Å²) >= 11 is 0. The van der Waals surface area contributed by atoms with Crippen LogP contribution in [-0.4, -0.2) is 186 Å². The van der Waals surface area contributed by atoms with Crippen LogP contribution in [0.15, 0.2) is 4.99 Å². The van der Waals surface area contributed by atoms with Crippen LogP contribution in [0.3, 0.4) is 0 Å². The number of aliphatic hydroxyl groups excluding tert-OH is 6. The second-order valence-electron chi connectivity index (χ2n) is 14.5. The minimum Gasteiger partial charge on any atom is -0.394 e. The molecule has 0 amide bonds. The Kier molecular flexibility index (Phi) is 17.6. The molecule has 3 aliphatic heterocycles. The average molecular weight is 782 g/mol. The normalized spacial score (nSPS) is 42.1. The molecule has 1 aliphatic carbocycles. The number of carbonyl (C=O) groups excluding carboxylic acids is 1. The minimum atomic E-state index is -1.64. The van der Waals surface area contributed by atoms with Crippen LogP contribution < -0.4 is 45.5 Å². The predicted octanol–water partition coefficient (Wildman–Crippen LogP) is -7.58. The maximum Gasteiger partial charge on any atom is 0.187 e. The van der Waals surface area contributed by atoms with E-state index in [2.05, 4.69) is 10.3 Å². The number of carbonyl (C=O) groups is 1. The zero-order valence-electron chi connectivity index (χ0n) is 30.4. The van der Waals surface area contributed by atoms with Crippen LogP contribution in [0.2, 0.25) is 0 Å². The van der Waals surface area contributed by atoms with Crippen LogP contribution in [0.25, 0.3) is 0 Å². The van der Waals surface area contributed by atoms with Crippen molar-refractivity contribution in [1.82, 2.24) is 5.32 Å². The summed E-state index contributed by atoms with van der Waals surface area (Å²) in [5, 5.41) is 67.9. The number of nitrogens with two attached hydrogens (primary N) is 7. The molecule has 0 bridgehead atoms. The van der Waals surface area contributed by atoms with Gasteiger partial charge in [0.1, 0.15) is 54.9 Å². The summed E-state index contributed by atoms with van der Waals surface area (Å²) in [7, 11) is 0. The van der Waals surface area contributed by atoms with Crippen LogP contribution in [0.1, 0.15) is 38.5 Å². The second kappa shape index (κ2) is 21.1. The van der Waals surface area contributed by atoms with Gasteiger partial charge in [-0.3, -0.25) is 9.79 Å². The first-order valence-electron chi connectivity index (χ1n) is 18.6. The molecule has 0 spiro atoms. The Morgan fingerprint density at radius 2 is 1.52 bits per heavy atom. The number of nitrogens with zero attached hydrogens (tertiary/aromatic N) is 1. The Morgan fingerprint density at radius 3 is 2.19 bits per heavy atom. The fourth-order valence-corrected chi connectivity index (χ4v) is 7.25. The van der Waals surface area contributed by atoms with Gasteiger partial charge in [0.05, 0.1) is 30.9 Å². The number of nitrogens with one attached hydrogen (secondary N) is 1. The Balaban J connectivity index is 1.53. The van der Waals surface area contributed by atoms with E-state index in [4.69, 9.17) is 68.6 Å². The SMILES string of the molecule is NCCCNC[C@@H]1CC[C@@H](N)[C@@H](O[C@H]2[C@H](O[C@@H]3O[C@H](CO)[C@@H](O[C@H]4O[C@@H](CN)[C@@H](O)[C@H](O)[C@H]4N)[C@H]3O)[C@@H](O)[C@H](CC(=O)[C@@H](O)CCN=C(N)N)C[C@@H]2N)O1. The van der Waals surface area contributed by atoms with Crippen molar-refractivity contribution in [3.05, 3.63) is 0 Å². The fourth-order valence-electron chi connectivity index (χ4n) is 7.25. The lowest BCUT2D eigenvalue weighted by molar-refractivity contribution is -0.292. The van der Waals surface area contributed by atoms with Crippen molar-refractivity contribution in [3.63, 3.8) is 0 Å². The Morgan fingerprint density at radius 1 is 0.833 bits per heavy atom. The van der Waals surface area contributed by atoms with E-state index in [-0.39, 0.29) is 44.4 Å². The van der Waals surface area contributed by atoms with Gasteiger partial charge in [-0.2, -0.15) is 0 Å². The van der Waals surface area contributed by atoms with Crippen LogP contribution in [0.5, 0.6) is 0 Å². The summed E-state index contributed by atoms with van der Waals surface area (Å²) in [6.45, 7) is 0.917. The lowest BCUT2D eigenvalue weighted by Crippen LogP contribution is -2.64. The number of hydrogen-bond acceptors (Lipinski definition) is 20. The van der Waals surface area contributed by atoms with Gasteiger partial charge in [-0.15, -0.1) is 0 Å². The number of ether oxygens (including phenoxy) is 6. The summed E-state index contributed by atoms with van der Waals surface area (Å²) in [5.41, 5.74) is 41.1. The number of hydrogen-bond donors (Lipinski definition) is 14. The highest BCUT2D eigenvalue weighted by molar-refractivity contribution is 5.83. The molecular formula is C32H63N9O13. The molecule has 18 atom stereocenters. The standard InChI is InChI=1S/C32H63N9O13/c33-5-1-6-40-11-14-2-3-15(35)29(49-14)52-26-16(36)8-13(9-18(44)17(43)4-7-41-32(38)39)22(45)28(26)54-31-25(48)27(20(12-42)51-31)53-30-21(37)24(47)23(46)19(10-34)50-30/h13-17,19-31,40,42-43,45-48H,1-12,33-37H2,(H4,38,39,41)/t13-,14-,15+,16-,17-,19-,20+,21+,22-,23+,24+,25+,26+,27+,28+,29+,30+,31-/m0/s1. The molecule has 0 radical (unpaired) electrons. The van der Waals surface area contributed by atoms with Crippen LogP contribution in [0.4, 0.5) is 0 Å². The third kappa shape index (κ3) is 11.4. The number of guanidine groups is 1. The van der Waals surface area contributed by atoms with E-state index in [1.54, 1.807) is 0 Å². The largest absolute Gasteiger partial charge is 0.394 e. The van der Waals surface area contributed by atoms with Gasteiger partial charge in [-0.1, -0.05) is 0 Å². The summed E-state index contributed by atoms with van der Waals surface area (Å²) in [6.07, 6.45) is -15.9. The van der Waals surface area contributed by atoms with Crippen molar-refractivity contribution < 1.29 is 63.9 Å². The van der Waals surface area contributed by atoms with Gasteiger partial charge < -0.3 is 105 Å². The van der Waals surface area contributed by atoms with Crippen LogP contribution >= 0.6 is 0 Å². The van der Waals surface area contributed by atoms with Crippen molar-refractivity contribution >= 4 is 11.7 Å². The molecule has 314 valence electrons. The van der Waals surface area contributed by atoms with E-state index in [0.29, 0.717) is 32.5 Å². The molecule has 54 heavy (non-hydrogen) atoms. The molecule has 0 aromatic rings. The maximum absolute atomic E-state index is 13.1. The molecule has 0 unspecified atom stereocenters. The summed E-state index contributed by atoms with van der Waals surface area (Å²) < 4.78 is 36.3. The molecule has 4 aliphatic rings. The summed E-state index contributed by atoms with van der Waals surface area (Å²) in [5.74, 6) is -1.62. The average Bonchev–Trinajstić information content (AvgIpc) is 3.44. The van der Waals surface area contributed by atoms with Gasteiger partial charge in [0.25, 0.3) is 0 Å². The predicted molar refractivity (Wildman–Crippen MR) is 190 cm³/mol. The number of aliphatic imine (C=N–C) groups is 1. The number of ketones is 1. The first-order valence-corrected chi connectivity index (χ1v) is 18.6. The molecule has 21 N–H and O–H groups in total. The molecule has 22 heteroatoms. The van der Waals surface area contributed by atoms with E-state index in [1.807, 2.05) is 0 Å². The van der Waals surface area contributed by atoms with E-state index in [0.717, 1.165) is 6.42 Å². The third-order valence-corrected chi connectivity index (χ3v) is 10.4. The zero-order chi connectivity index (χ0) is 39.7. The van der Waals surface area contributed by atoms with Gasteiger partial charge in [0.15, 0.2) is 30.6 Å². The molecule has 0 aromatic carbocycles. The highest BCUT2D eigenvalue weighted by Crippen LogP contribution is 2.37. The number of rotatable bonds is 19. The zero-order valence-corrected chi connectivity index (χ0v) is 30.4. The molecule has 4 rings (SSSR count). The van der Waals surface area contributed by atoms with Crippen molar-refractivity contribution in [2.45, 2.75) is 143 Å². The van der Waals surface area contributed by atoms with Crippen molar-refractivity contribution in [2.75, 3.05) is 39.3 Å². The van der Waals surface area contributed by atoms with Gasteiger partial charge in [-0.05, 0) is 44.7 Å². The fraction of sp³-hybridized carbons (Fsp3) is 0.938. The quantitative estimate of drug-likeness (QED) is 0.0329. The molecule has 1 saturated carbocycles. The second-order valence-corrected chi connectivity index (χ2v) is 14.5. The first kappa shape index (κ1) is 44.9. The lowest BCUT2D eigenvalue weighted by atomic mass is 9.76. The number of aliphatic hydroxyl groups is 6. The molecule has 3 saturated heterocycles. The Bertz CT molecular complexity index is 1180.